The third-order valence-electron chi connectivity index (χ3n) is 4.07. The summed E-state index contributed by atoms with van der Waals surface area (Å²) in [7, 11) is 0. The maximum atomic E-state index is 13.3. The summed E-state index contributed by atoms with van der Waals surface area (Å²) in [6.45, 7) is 1.77. The molecule has 0 aromatic carbocycles. The average Bonchev–Trinajstić information content (AvgIpc) is 3.30. The van der Waals surface area contributed by atoms with Gasteiger partial charge in [0.1, 0.15) is 17.8 Å². The second kappa shape index (κ2) is 3.74. The molecule has 0 saturated heterocycles. The molecule has 104 valence electrons. The van der Waals surface area contributed by atoms with Crippen molar-refractivity contribution >= 4 is 5.82 Å². The summed E-state index contributed by atoms with van der Waals surface area (Å²) in [4.78, 5) is 12.8. The van der Waals surface area contributed by atoms with Crippen molar-refractivity contribution in [3.63, 3.8) is 0 Å². The molecule has 0 radical (unpaired) electrons. The first-order chi connectivity index (χ1) is 9.58. The molecule has 4 rings (SSSR count). The number of anilines is 1. The third kappa shape index (κ3) is 1.69. The summed E-state index contributed by atoms with van der Waals surface area (Å²) in [5.41, 5.74) is 5.82. The smallest absolute Gasteiger partial charge is 0.235 e. The summed E-state index contributed by atoms with van der Waals surface area (Å²) < 4.78 is 18.5. The molecule has 2 N–H and O–H groups in total. The molecule has 2 aromatic heterocycles. The van der Waals surface area contributed by atoms with Gasteiger partial charge in [-0.1, -0.05) is 5.16 Å². The Morgan fingerprint density at radius 2 is 2.15 bits per heavy atom. The highest BCUT2D eigenvalue weighted by Crippen LogP contribution is 2.50. The zero-order valence-corrected chi connectivity index (χ0v) is 11.0. The van der Waals surface area contributed by atoms with Crippen molar-refractivity contribution in [1.82, 2.24) is 20.1 Å². The second-order valence-corrected chi connectivity index (χ2v) is 5.81. The van der Waals surface area contributed by atoms with E-state index in [1.54, 1.807) is 13.1 Å². The lowest BCUT2D eigenvalue weighted by Gasteiger charge is -2.02. The Morgan fingerprint density at radius 3 is 2.75 bits per heavy atom. The molecule has 2 aromatic rings. The first kappa shape index (κ1) is 11.7. The van der Waals surface area contributed by atoms with Gasteiger partial charge < -0.3 is 10.3 Å². The highest BCUT2D eigenvalue weighted by atomic mass is 19.1. The van der Waals surface area contributed by atoms with Gasteiger partial charge in [0.15, 0.2) is 0 Å². The van der Waals surface area contributed by atoms with Crippen LogP contribution in [0.2, 0.25) is 0 Å². The fourth-order valence-corrected chi connectivity index (χ4v) is 2.22. The van der Waals surface area contributed by atoms with Gasteiger partial charge in [-0.15, -0.1) is 0 Å². The molecular weight excluding hydrogens is 261 g/mol. The fraction of sp³-hybridized carbons (Fsp3) is 0.538. The highest BCUT2D eigenvalue weighted by Gasteiger charge is 2.57. The molecule has 7 heteroatoms. The zero-order chi connectivity index (χ0) is 13.9. The lowest BCUT2D eigenvalue weighted by atomic mass is 10.1. The van der Waals surface area contributed by atoms with Crippen molar-refractivity contribution in [1.29, 1.82) is 0 Å². The van der Waals surface area contributed by atoms with E-state index in [1.165, 1.54) is 0 Å². The number of nitrogen functional groups attached to an aromatic ring is 1. The van der Waals surface area contributed by atoms with E-state index >= 15 is 0 Å². The van der Waals surface area contributed by atoms with Gasteiger partial charge in [0.25, 0.3) is 0 Å². The average molecular weight is 275 g/mol. The van der Waals surface area contributed by atoms with Gasteiger partial charge in [0, 0.05) is 12.1 Å². The maximum absolute atomic E-state index is 13.3. The highest BCUT2D eigenvalue weighted by molar-refractivity contribution is 5.66. The van der Waals surface area contributed by atoms with E-state index in [9.17, 15) is 4.39 Å². The van der Waals surface area contributed by atoms with Gasteiger partial charge >= 0.3 is 0 Å². The predicted octanol–water partition coefficient (Wildman–Crippen LogP) is 1.99. The predicted molar refractivity (Wildman–Crippen MR) is 68.6 cm³/mol. The molecule has 20 heavy (non-hydrogen) atoms. The quantitative estimate of drug-likeness (QED) is 0.921. The van der Waals surface area contributed by atoms with Crippen LogP contribution in [0.3, 0.4) is 0 Å². The van der Waals surface area contributed by atoms with E-state index in [2.05, 4.69) is 20.1 Å². The van der Waals surface area contributed by atoms with Gasteiger partial charge in [-0.05, 0) is 26.2 Å². The van der Waals surface area contributed by atoms with Crippen molar-refractivity contribution < 1.29 is 8.91 Å². The van der Waals surface area contributed by atoms with Gasteiger partial charge in [-0.2, -0.15) is 4.98 Å². The van der Waals surface area contributed by atoms with Gasteiger partial charge in [-0.3, -0.25) is 0 Å². The molecule has 2 heterocycles. The summed E-state index contributed by atoms with van der Waals surface area (Å²) in [6.07, 6.45) is 3.35. The Morgan fingerprint density at radius 1 is 1.40 bits per heavy atom. The molecule has 6 nitrogen and oxygen atoms in total. The van der Waals surface area contributed by atoms with Crippen LogP contribution < -0.4 is 5.73 Å². The number of alkyl halides is 1. The van der Waals surface area contributed by atoms with Crippen molar-refractivity contribution in [3.8, 4) is 11.4 Å². The lowest BCUT2D eigenvalue weighted by Crippen LogP contribution is -2.05. The summed E-state index contributed by atoms with van der Waals surface area (Å²) in [5.74, 6) is 2.18. The van der Waals surface area contributed by atoms with Gasteiger partial charge in [-0.25, -0.2) is 14.4 Å². The Labute approximate surface area is 114 Å². The van der Waals surface area contributed by atoms with Crippen LogP contribution in [-0.2, 0) is 5.41 Å². The molecule has 2 fully saturated rings. The number of nitrogens with zero attached hydrogens (tertiary/aromatic N) is 4. The van der Waals surface area contributed by atoms with Crippen LogP contribution in [0.25, 0.3) is 11.4 Å². The van der Waals surface area contributed by atoms with Crippen LogP contribution in [-0.4, -0.2) is 26.3 Å². The molecule has 0 spiro atoms. The van der Waals surface area contributed by atoms with Crippen LogP contribution in [0, 0.1) is 0 Å². The van der Waals surface area contributed by atoms with E-state index in [0.29, 0.717) is 35.4 Å². The normalized spacial score (nSPS) is 28.6. The van der Waals surface area contributed by atoms with Crippen LogP contribution in [0.15, 0.2) is 10.7 Å². The number of rotatable bonds is 3. The number of halogens is 1. The lowest BCUT2D eigenvalue weighted by molar-refractivity contribution is 0.324. The Kier molecular flexibility index (Phi) is 2.20. The van der Waals surface area contributed by atoms with E-state index in [4.69, 9.17) is 10.3 Å². The van der Waals surface area contributed by atoms with Crippen LogP contribution in [0.1, 0.15) is 43.8 Å². The van der Waals surface area contributed by atoms with Crippen LogP contribution >= 0.6 is 0 Å². The summed E-state index contributed by atoms with van der Waals surface area (Å²) in [6, 6.07) is 0. The first-order valence-corrected chi connectivity index (χ1v) is 6.69. The SMILES string of the molecule is CC1(c2nc(-c3cnc(C4CC4)nc3N)no2)CC1F. The molecule has 2 aliphatic carbocycles. The molecule has 0 aliphatic heterocycles. The van der Waals surface area contributed by atoms with Crippen LogP contribution in [0.5, 0.6) is 0 Å². The van der Waals surface area contributed by atoms with Crippen molar-refractivity contribution in [2.75, 3.05) is 5.73 Å². The number of hydrogen-bond donors (Lipinski definition) is 1. The number of aromatic nitrogens is 4. The van der Waals surface area contributed by atoms with Crippen molar-refractivity contribution in [2.45, 2.75) is 43.7 Å². The summed E-state index contributed by atoms with van der Waals surface area (Å²) >= 11 is 0. The van der Waals surface area contributed by atoms with Crippen LogP contribution in [0.4, 0.5) is 10.2 Å². The number of nitrogens with two attached hydrogens (primary N) is 1. The minimum absolute atomic E-state index is 0.311. The van der Waals surface area contributed by atoms with Crippen molar-refractivity contribution in [3.05, 3.63) is 17.9 Å². The monoisotopic (exact) mass is 275 g/mol. The fourth-order valence-electron chi connectivity index (χ4n) is 2.22. The van der Waals surface area contributed by atoms with Crippen molar-refractivity contribution in [2.24, 2.45) is 0 Å². The molecule has 2 saturated carbocycles. The molecule has 2 atom stereocenters. The minimum atomic E-state index is -0.915. The molecule has 0 amide bonds. The van der Waals surface area contributed by atoms with E-state index in [1.807, 2.05) is 0 Å². The topological polar surface area (TPSA) is 90.7 Å². The second-order valence-electron chi connectivity index (χ2n) is 5.81. The van der Waals surface area contributed by atoms with E-state index in [-0.39, 0.29) is 0 Å². The molecular formula is C13H14FN5O. The minimum Gasteiger partial charge on any atom is -0.383 e. The Hall–Kier alpha value is -2.05. The van der Waals surface area contributed by atoms with E-state index < -0.39 is 11.6 Å². The maximum Gasteiger partial charge on any atom is 0.235 e. The molecule has 2 unspecified atom stereocenters. The first-order valence-electron chi connectivity index (χ1n) is 6.69. The molecule has 2 aliphatic rings. The van der Waals surface area contributed by atoms with Gasteiger partial charge in [0.2, 0.25) is 11.7 Å². The Balaban J connectivity index is 1.67. The summed E-state index contributed by atoms with van der Waals surface area (Å²) in [5, 5.41) is 3.87. The number of hydrogen-bond acceptors (Lipinski definition) is 6. The third-order valence-corrected chi connectivity index (χ3v) is 4.07. The zero-order valence-electron chi connectivity index (χ0n) is 11.0. The van der Waals surface area contributed by atoms with E-state index in [0.717, 1.165) is 18.7 Å². The largest absolute Gasteiger partial charge is 0.383 e. The standard InChI is InChI=1S/C13H14FN5O/c1-13(4-8(13)14)12-18-11(19-20-12)7-5-16-10(6-2-3-6)17-9(7)15/h5-6,8H,2-4H2,1H3,(H2,15,16,17). The van der Waals surface area contributed by atoms with Gasteiger partial charge in [0.05, 0.1) is 11.0 Å². The molecule has 0 bridgehead atoms. The Bertz CT molecular complexity index is 683.